The van der Waals surface area contributed by atoms with Crippen molar-refractivity contribution in [2.24, 2.45) is 0 Å². The summed E-state index contributed by atoms with van der Waals surface area (Å²) in [6.45, 7) is 7.16. The number of hydrogen-bond acceptors (Lipinski definition) is 3. The van der Waals surface area contributed by atoms with Crippen molar-refractivity contribution in [3.8, 4) is 0 Å². The van der Waals surface area contributed by atoms with Crippen molar-refractivity contribution in [1.29, 1.82) is 0 Å². The zero-order chi connectivity index (χ0) is 13.7. The highest BCUT2D eigenvalue weighted by Gasteiger charge is 2.13. The van der Waals surface area contributed by atoms with Gasteiger partial charge in [0, 0.05) is 39.3 Å². The second-order valence-electron chi connectivity index (χ2n) is 4.83. The third kappa shape index (κ3) is 4.74. The molecule has 6 heteroatoms. The minimum Gasteiger partial charge on any atom is -0.351 e. The Morgan fingerprint density at radius 3 is 2.80 bits per heavy atom. The molecule has 0 saturated carbocycles. The quantitative estimate of drug-likeness (QED) is 0.878. The van der Waals surface area contributed by atoms with E-state index in [0.29, 0.717) is 6.54 Å². The molecule has 0 aromatic heterocycles. The molecule has 1 saturated heterocycles. The summed E-state index contributed by atoms with van der Waals surface area (Å²) in [6, 6.07) is 4.57. The highest BCUT2D eigenvalue weighted by molar-refractivity contribution is 5.94. The first kappa shape index (κ1) is 16.9. The van der Waals surface area contributed by atoms with E-state index in [1.54, 1.807) is 12.1 Å². The van der Waals surface area contributed by atoms with Gasteiger partial charge in [0.1, 0.15) is 5.82 Å². The zero-order valence-electron chi connectivity index (χ0n) is 11.6. The summed E-state index contributed by atoms with van der Waals surface area (Å²) in [5.74, 6) is -0.804. The Labute approximate surface area is 125 Å². The van der Waals surface area contributed by atoms with Gasteiger partial charge in [0.05, 0.1) is 5.56 Å². The van der Waals surface area contributed by atoms with Crippen LogP contribution < -0.4 is 10.6 Å². The van der Waals surface area contributed by atoms with Gasteiger partial charge in [0.15, 0.2) is 0 Å². The van der Waals surface area contributed by atoms with Crippen LogP contribution >= 0.6 is 12.4 Å². The van der Waals surface area contributed by atoms with Gasteiger partial charge in [0.25, 0.3) is 5.91 Å². The number of benzene rings is 1. The van der Waals surface area contributed by atoms with E-state index in [9.17, 15) is 9.18 Å². The van der Waals surface area contributed by atoms with Crippen molar-refractivity contribution in [3.05, 3.63) is 35.1 Å². The van der Waals surface area contributed by atoms with Crippen LogP contribution in [0.1, 0.15) is 15.9 Å². The SMILES string of the molecule is Cc1ccc(F)c(C(=O)NCCN2CCNCC2)c1.Cl. The molecule has 1 amide bonds. The summed E-state index contributed by atoms with van der Waals surface area (Å²) in [7, 11) is 0. The third-order valence-electron chi connectivity index (χ3n) is 3.29. The summed E-state index contributed by atoms with van der Waals surface area (Å²) >= 11 is 0. The van der Waals surface area contributed by atoms with E-state index in [1.807, 2.05) is 6.92 Å². The average Bonchev–Trinajstić information content (AvgIpc) is 2.42. The van der Waals surface area contributed by atoms with Gasteiger partial charge in [-0.05, 0) is 19.1 Å². The molecule has 0 bridgehead atoms. The lowest BCUT2D eigenvalue weighted by molar-refractivity contribution is 0.0943. The maximum Gasteiger partial charge on any atom is 0.254 e. The Kier molecular flexibility index (Phi) is 6.91. The lowest BCUT2D eigenvalue weighted by atomic mass is 10.1. The Morgan fingerprint density at radius 1 is 1.40 bits per heavy atom. The van der Waals surface area contributed by atoms with E-state index in [2.05, 4.69) is 15.5 Å². The number of nitrogens with zero attached hydrogens (tertiary/aromatic N) is 1. The normalized spacial score (nSPS) is 15.5. The monoisotopic (exact) mass is 301 g/mol. The highest BCUT2D eigenvalue weighted by Crippen LogP contribution is 2.09. The van der Waals surface area contributed by atoms with Gasteiger partial charge in [-0.3, -0.25) is 9.69 Å². The minimum absolute atomic E-state index is 0. The third-order valence-corrected chi connectivity index (χ3v) is 3.29. The van der Waals surface area contributed by atoms with Crippen molar-refractivity contribution < 1.29 is 9.18 Å². The first-order valence-electron chi connectivity index (χ1n) is 6.64. The second-order valence-corrected chi connectivity index (χ2v) is 4.83. The summed E-state index contributed by atoms with van der Waals surface area (Å²) in [4.78, 5) is 14.2. The smallest absolute Gasteiger partial charge is 0.254 e. The molecule has 4 nitrogen and oxygen atoms in total. The zero-order valence-corrected chi connectivity index (χ0v) is 12.4. The molecule has 0 atom stereocenters. The van der Waals surface area contributed by atoms with E-state index in [1.165, 1.54) is 6.07 Å². The molecular formula is C14H21ClFN3O. The first-order valence-corrected chi connectivity index (χ1v) is 6.64. The van der Waals surface area contributed by atoms with Gasteiger partial charge < -0.3 is 10.6 Å². The highest BCUT2D eigenvalue weighted by atomic mass is 35.5. The fraction of sp³-hybridized carbons (Fsp3) is 0.500. The molecule has 0 unspecified atom stereocenters. The molecule has 0 aliphatic carbocycles. The topological polar surface area (TPSA) is 44.4 Å². The summed E-state index contributed by atoms with van der Waals surface area (Å²) in [6.07, 6.45) is 0. The van der Waals surface area contributed by atoms with Crippen LogP contribution in [0.4, 0.5) is 4.39 Å². The molecule has 0 radical (unpaired) electrons. The van der Waals surface area contributed by atoms with Crippen LogP contribution in [-0.4, -0.2) is 50.1 Å². The molecule has 1 aliphatic rings. The van der Waals surface area contributed by atoms with Crippen molar-refractivity contribution in [2.75, 3.05) is 39.3 Å². The lowest BCUT2D eigenvalue weighted by Crippen LogP contribution is -2.46. The number of nitrogens with one attached hydrogen (secondary N) is 2. The Morgan fingerprint density at radius 2 is 2.10 bits per heavy atom. The molecule has 2 rings (SSSR count). The Balaban J connectivity index is 0.00000200. The number of carbonyl (C=O) groups excluding carboxylic acids is 1. The van der Waals surface area contributed by atoms with E-state index in [4.69, 9.17) is 0 Å². The Bertz CT molecular complexity index is 450. The number of carbonyl (C=O) groups is 1. The van der Waals surface area contributed by atoms with Crippen LogP contribution in [0.2, 0.25) is 0 Å². The molecule has 0 spiro atoms. The van der Waals surface area contributed by atoms with Gasteiger partial charge in [-0.25, -0.2) is 4.39 Å². The van der Waals surface area contributed by atoms with Gasteiger partial charge in [0.2, 0.25) is 0 Å². The number of aryl methyl sites for hydroxylation is 1. The van der Waals surface area contributed by atoms with Crippen molar-refractivity contribution >= 4 is 18.3 Å². The molecule has 1 fully saturated rings. The van der Waals surface area contributed by atoms with Crippen molar-refractivity contribution in [3.63, 3.8) is 0 Å². The molecule has 1 aromatic carbocycles. The fourth-order valence-corrected chi connectivity index (χ4v) is 2.17. The van der Waals surface area contributed by atoms with E-state index in [-0.39, 0.29) is 23.9 Å². The average molecular weight is 302 g/mol. The minimum atomic E-state index is -0.467. The fourth-order valence-electron chi connectivity index (χ4n) is 2.17. The predicted octanol–water partition coefficient (Wildman–Crippen LogP) is 1.19. The van der Waals surface area contributed by atoms with Crippen LogP contribution in [-0.2, 0) is 0 Å². The Hall–Kier alpha value is -1.17. The second kappa shape index (κ2) is 8.19. The summed E-state index contributed by atoms with van der Waals surface area (Å²) in [5.41, 5.74) is 1.01. The largest absolute Gasteiger partial charge is 0.351 e. The van der Waals surface area contributed by atoms with Gasteiger partial charge in [-0.1, -0.05) is 11.6 Å². The number of halogens is 2. The summed E-state index contributed by atoms with van der Waals surface area (Å²) in [5, 5.41) is 6.05. The number of amides is 1. The van der Waals surface area contributed by atoms with E-state index in [0.717, 1.165) is 38.3 Å². The van der Waals surface area contributed by atoms with Crippen LogP contribution in [0.5, 0.6) is 0 Å². The standard InChI is InChI=1S/C14H20FN3O.ClH/c1-11-2-3-13(15)12(10-11)14(19)17-6-9-18-7-4-16-5-8-18;/h2-3,10,16H,4-9H2,1H3,(H,17,19);1H. The number of hydrogen-bond donors (Lipinski definition) is 2. The van der Waals surface area contributed by atoms with Crippen molar-refractivity contribution in [1.82, 2.24) is 15.5 Å². The van der Waals surface area contributed by atoms with Gasteiger partial charge in [-0.2, -0.15) is 0 Å². The van der Waals surface area contributed by atoms with Crippen LogP contribution in [0, 0.1) is 12.7 Å². The van der Waals surface area contributed by atoms with E-state index < -0.39 is 5.82 Å². The van der Waals surface area contributed by atoms with Gasteiger partial charge in [-0.15, -0.1) is 12.4 Å². The van der Waals surface area contributed by atoms with Crippen molar-refractivity contribution in [2.45, 2.75) is 6.92 Å². The molecule has 1 aliphatic heterocycles. The molecule has 20 heavy (non-hydrogen) atoms. The lowest BCUT2D eigenvalue weighted by Gasteiger charge is -2.27. The first-order chi connectivity index (χ1) is 9.16. The molecule has 1 aromatic rings. The predicted molar refractivity (Wildman–Crippen MR) is 80.0 cm³/mol. The molecular weight excluding hydrogens is 281 g/mol. The number of piperazine rings is 1. The maximum atomic E-state index is 13.5. The molecule has 112 valence electrons. The molecule has 2 N–H and O–H groups in total. The van der Waals surface area contributed by atoms with Crippen LogP contribution in [0.3, 0.4) is 0 Å². The number of rotatable bonds is 4. The van der Waals surface area contributed by atoms with Crippen LogP contribution in [0.15, 0.2) is 18.2 Å². The van der Waals surface area contributed by atoms with E-state index >= 15 is 0 Å². The maximum absolute atomic E-state index is 13.5. The summed E-state index contributed by atoms with van der Waals surface area (Å²) < 4.78 is 13.5. The van der Waals surface area contributed by atoms with Crippen LogP contribution in [0.25, 0.3) is 0 Å². The molecule has 1 heterocycles. The van der Waals surface area contributed by atoms with Gasteiger partial charge >= 0.3 is 0 Å².